The van der Waals surface area contributed by atoms with Crippen molar-refractivity contribution in [2.24, 2.45) is 10.8 Å². The van der Waals surface area contributed by atoms with Gasteiger partial charge in [-0.15, -0.1) is 0 Å². The molecule has 1 heterocycles. The largest absolute Gasteiger partial charge is 0.490 e. The zero-order valence-electron chi connectivity index (χ0n) is 15.5. The SMILES string of the molecule is Cc1c(F)c(F)c(CN2C[C@@]3(C(=O)O)C[C@@]3(C(=O)O)C2)c(F)c1F.O=C(O)C(F)(F)F. The third kappa shape index (κ3) is 3.91. The molecule has 1 aromatic carbocycles. The molecule has 7 nitrogen and oxygen atoms in total. The van der Waals surface area contributed by atoms with Crippen molar-refractivity contribution in [1.82, 2.24) is 4.90 Å². The van der Waals surface area contributed by atoms with Crippen molar-refractivity contribution in [2.75, 3.05) is 13.1 Å². The van der Waals surface area contributed by atoms with E-state index >= 15 is 0 Å². The van der Waals surface area contributed by atoms with Crippen LogP contribution in [0.2, 0.25) is 0 Å². The first kappa shape index (κ1) is 24.4. The molecule has 2 aliphatic rings. The Bertz CT molecular complexity index is 908. The molecule has 172 valence electrons. The van der Waals surface area contributed by atoms with E-state index in [9.17, 15) is 50.5 Å². The van der Waals surface area contributed by atoms with Gasteiger partial charge < -0.3 is 15.3 Å². The lowest BCUT2D eigenvalue weighted by Gasteiger charge is -2.21. The fraction of sp³-hybridized carbons (Fsp3) is 0.471. The summed E-state index contributed by atoms with van der Waals surface area (Å²) in [4.78, 5) is 32.9. The molecule has 0 unspecified atom stereocenters. The molecule has 1 aromatic rings. The van der Waals surface area contributed by atoms with Gasteiger partial charge in [0.1, 0.15) is 0 Å². The van der Waals surface area contributed by atoms with Crippen molar-refractivity contribution in [3.05, 3.63) is 34.4 Å². The molecule has 0 bridgehead atoms. The number of halogens is 7. The Hall–Kier alpha value is -2.90. The first-order chi connectivity index (χ1) is 14.0. The molecular formula is C17H14F7NO6. The number of hydrogen-bond donors (Lipinski definition) is 3. The number of carboxylic acid groups (broad SMARTS) is 3. The molecule has 0 aromatic heterocycles. The predicted octanol–water partition coefficient (Wildman–Crippen LogP) is 2.55. The average molecular weight is 461 g/mol. The number of nitrogens with zero attached hydrogens (tertiary/aromatic N) is 1. The highest BCUT2D eigenvalue weighted by Crippen LogP contribution is 2.68. The molecule has 2 fully saturated rings. The van der Waals surface area contributed by atoms with Crippen LogP contribution in [0, 0.1) is 41.0 Å². The predicted molar refractivity (Wildman–Crippen MR) is 84.7 cm³/mol. The quantitative estimate of drug-likeness (QED) is 0.466. The van der Waals surface area contributed by atoms with Gasteiger partial charge >= 0.3 is 24.1 Å². The summed E-state index contributed by atoms with van der Waals surface area (Å²) >= 11 is 0. The van der Waals surface area contributed by atoms with Crippen molar-refractivity contribution in [1.29, 1.82) is 0 Å². The molecule has 3 rings (SSSR count). The number of fused-ring (bicyclic) bond motifs is 1. The fourth-order valence-corrected chi connectivity index (χ4v) is 3.66. The minimum Gasteiger partial charge on any atom is -0.481 e. The van der Waals surface area contributed by atoms with Gasteiger partial charge in [0.2, 0.25) is 0 Å². The number of alkyl halides is 3. The van der Waals surface area contributed by atoms with Crippen molar-refractivity contribution in [3.8, 4) is 0 Å². The molecule has 0 amide bonds. The Kier molecular flexibility index (Phi) is 6.02. The second-order valence-electron chi connectivity index (χ2n) is 7.26. The number of benzene rings is 1. The smallest absolute Gasteiger partial charge is 0.481 e. The minimum absolute atomic E-state index is 0.0806. The number of hydrogen-bond acceptors (Lipinski definition) is 4. The number of rotatable bonds is 4. The average Bonchev–Trinajstić information content (AvgIpc) is 3.20. The van der Waals surface area contributed by atoms with Crippen LogP contribution >= 0.6 is 0 Å². The van der Waals surface area contributed by atoms with Gasteiger partial charge in [-0.05, 0) is 13.3 Å². The maximum atomic E-state index is 13.9. The topological polar surface area (TPSA) is 115 Å². The first-order valence-corrected chi connectivity index (χ1v) is 8.32. The standard InChI is InChI=1S/C15H13F4NO4.C2HF3O2/c1-6-8(16)10(18)7(11(19)9(6)17)2-20-4-14(12(21)22)3-15(14,5-20)13(23)24;3-2(4,5)1(6)7/h2-5H2,1H3,(H,21,22)(H,23,24);(H,6,7)/t14-,15+;. The number of likely N-dealkylation sites (tertiary alicyclic amines) is 1. The Morgan fingerprint density at radius 2 is 1.23 bits per heavy atom. The van der Waals surface area contributed by atoms with Gasteiger partial charge in [0.05, 0.1) is 10.8 Å². The van der Waals surface area contributed by atoms with Crippen LogP contribution < -0.4 is 0 Å². The van der Waals surface area contributed by atoms with E-state index in [1.807, 2.05) is 0 Å². The Labute approximate surface area is 168 Å². The molecule has 2 atom stereocenters. The highest BCUT2D eigenvalue weighted by Gasteiger charge is 2.80. The van der Waals surface area contributed by atoms with Crippen LogP contribution in [0.25, 0.3) is 0 Å². The van der Waals surface area contributed by atoms with Crippen molar-refractivity contribution >= 4 is 17.9 Å². The van der Waals surface area contributed by atoms with Gasteiger partial charge in [0.15, 0.2) is 23.3 Å². The summed E-state index contributed by atoms with van der Waals surface area (Å²) in [7, 11) is 0. The minimum atomic E-state index is -5.08. The van der Waals surface area contributed by atoms with E-state index in [2.05, 4.69) is 0 Å². The lowest BCUT2D eigenvalue weighted by atomic mass is 9.97. The van der Waals surface area contributed by atoms with E-state index in [-0.39, 0.29) is 19.5 Å². The van der Waals surface area contributed by atoms with Gasteiger partial charge in [0.25, 0.3) is 0 Å². The van der Waals surface area contributed by atoms with E-state index in [0.29, 0.717) is 0 Å². The monoisotopic (exact) mass is 461 g/mol. The number of piperidine rings is 1. The molecule has 0 spiro atoms. The zero-order valence-corrected chi connectivity index (χ0v) is 15.5. The van der Waals surface area contributed by atoms with Gasteiger partial charge in [-0.1, -0.05) is 0 Å². The Morgan fingerprint density at radius 3 is 1.52 bits per heavy atom. The Morgan fingerprint density at radius 1 is 0.871 bits per heavy atom. The number of carbonyl (C=O) groups is 3. The molecule has 1 aliphatic carbocycles. The van der Waals surface area contributed by atoms with Crippen LogP contribution in [0.5, 0.6) is 0 Å². The second kappa shape index (κ2) is 7.66. The van der Waals surface area contributed by atoms with Crippen molar-refractivity contribution < 1.29 is 60.4 Å². The molecule has 1 aliphatic heterocycles. The van der Waals surface area contributed by atoms with Gasteiger partial charge in [-0.2, -0.15) is 13.2 Å². The summed E-state index contributed by atoms with van der Waals surface area (Å²) in [6, 6.07) is 0. The molecule has 31 heavy (non-hydrogen) atoms. The van der Waals surface area contributed by atoms with Crippen molar-refractivity contribution in [2.45, 2.75) is 26.1 Å². The molecule has 1 saturated heterocycles. The maximum Gasteiger partial charge on any atom is 0.490 e. The first-order valence-electron chi connectivity index (χ1n) is 8.32. The molecule has 14 heteroatoms. The highest BCUT2D eigenvalue weighted by molar-refractivity contribution is 5.94. The summed E-state index contributed by atoms with van der Waals surface area (Å²) < 4.78 is 86.8. The van der Waals surface area contributed by atoms with E-state index in [4.69, 9.17) is 9.90 Å². The molecule has 1 saturated carbocycles. The van der Waals surface area contributed by atoms with E-state index in [0.717, 1.165) is 6.92 Å². The van der Waals surface area contributed by atoms with Crippen LogP contribution in [0.3, 0.4) is 0 Å². The van der Waals surface area contributed by atoms with Crippen molar-refractivity contribution in [3.63, 3.8) is 0 Å². The summed E-state index contributed by atoms with van der Waals surface area (Å²) in [6.07, 6.45) is -5.16. The van der Waals surface area contributed by atoms with E-state index in [1.165, 1.54) is 4.90 Å². The molecule has 3 N–H and O–H groups in total. The fourth-order valence-electron chi connectivity index (χ4n) is 3.66. The number of carboxylic acids is 3. The molecule has 0 radical (unpaired) electrons. The normalized spacial score (nSPS) is 24.8. The number of aliphatic carboxylic acids is 3. The van der Waals surface area contributed by atoms with Crippen LogP contribution in [-0.4, -0.2) is 57.4 Å². The summed E-state index contributed by atoms with van der Waals surface area (Å²) in [5, 5.41) is 25.7. The second-order valence-corrected chi connectivity index (χ2v) is 7.26. The van der Waals surface area contributed by atoms with Crippen LogP contribution in [-0.2, 0) is 20.9 Å². The lowest BCUT2D eigenvalue weighted by Crippen LogP contribution is -2.29. The van der Waals surface area contributed by atoms with Gasteiger partial charge in [-0.3, -0.25) is 14.5 Å². The third-order valence-electron chi connectivity index (χ3n) is 5.40. The summed E-state index contributed by atoms with van der Waals surface area (Å²) in [5.41, 5.74) is -4.73. The van der Waals surface area contributed by atoms with Crippen LogP contribution in [0.15, 0.2) is 0 Å². The summed E-state index contributed by atoms with van der Waals surface area (Å²) in [6.45, 7) is -0.240. The highest BCUT2D eigenvalue weighted by atomic mass is 19.4. The lowest BCUT2D eigenvalue weighted by molar-refractivity contribution is -0.192. The zero-order chi connectivity index (χ0) is 24.1. The third-order valence-corrected chi connectivity index (χ3v) is 5.40. The van der Waals surface area contributed by atoms with Gasteiger partial charge in [-0.25, -0.2) is 22.4 Å². The van der Waals surface area contributed by atoms with E-state index < -0.39 is 75.9 Å². The van der Waals surface area contributed by atoms with Crippen LogP contribution in [0.1, 0.15) is 17.5 Å². The van der Waals surface area contributed by atoms with Crippen LogP contribution in [0.4, 0.5) is 30.7 Å². The summed E-state index contributed by atoms with van der Waals surface area (Å²) in [5.74, 6) is -11.5. The Balaban J connectivity index is 0.000000423. The molecular weight excluding hydrogens is 447 g/mol. The maximum absolute atomic E-state index is 13.9. The van der Waals surface area contributed by atoms with Gasteiger partial charge in [0, 0.05) is 30.8 Å². The van der Waals surface area contributed by atoms with E-state index in [1.54, 1.807) is 0 Å².